The Kier molecular flexibility index (Phi) is 4.43. The summed E-state index contributed by atoms with van der Waals surface area (Å²) in [5.74, 6) is 0.652. The molecule has 17 heavy (non-hydrogen) atoms. The van der Waals surface area contributed by atoms with Gasteiger partial charge in [-0.05, 0) is 52.5 Å². The molecular formula is C14H26N2O. The third kappa shape index (κ3) is 3.44. The molecule has 1 atom stereocenters. The average Bonchev–Trinajstić information content (AvgIpc) is 2.40. The zero-order valence-electron chi connectivity index (χ0n) is 11.2. The summed E-state index contributed by atoms with van der Waals surface area (Å²) in [5, 5.41) is 3.25. The van der Waals surface area contributed by atoms with Crippen LogP contribution < -0.4 is 5.32 Å². The molecule has 2 aliphatic rings. The van der Waals surface area contributed by atoms with Crippen molar-refractivity contribution in [3.05, 3.63) is 0 Å². The fourth-order valence-corrected chi connectivity index (χ4v) is 2.77. The molecule has 1 saturated carbocycles. The quantitative estimate of drug-likeness (QED) is 0.817. The molecule has 2 fully saturated rings. The number of hydrogen-bond acceptors (Lipinski definition) is 2. The molecule has 0 radical (unpaired) electrons. The lowest BCUT2D eigenvalue weighted by Gasteiger charge is -2.27. The number of likely N-dealkylation sites (tertiary alicyclic amines) is 1. The second kappa shape index (κ2) is 5.85. The van der Waals surface area contributed by atoms with Gasteiger partial charge in [0.2, 0.25) is 5.91 Å². The second-order valence-corrected chi connectivity index (χ2v) is 5.89. The summed E-state index contributed by atoms with van der Waals surface area (Å²) < 4.78 is 0. The monoisotopic (exact) mass is 238 g/mol. The SMILES string of the molecule is CC(C)N1CCCC(NC(=O)C2CCC2)CC1. The minimum Gasteiger partial charge on any atom is -0.353 e. The lowest BCUT2D eigenvalue weighted by molar-refractivity contribution is -0.128. The standard InChI is InChI=1S/C14H26N2O/c1-11(2)16-9-4-7-13(8-10-16)15-14(17)12-5-3-6-12/h11-13H,3-10H2,1-2H3,(H,15,17). The van der Waals surface area contributed by atoms with E-state index in [1.54, 1.807) is 0 Å². The summed E-state index contributed by atoms with van der Waals surface area (Å²) in [6.07, 6.45) is 6.95. The molecule has 0 spiro atoms. The van der Waals surface area contributed by atoms with Gasteiger partial charge in [-0.2, -0.15) is 0 Å². The van der Waals surface area contributed by atoms with E-state index in [0.29, 0.717) is 23.9 Å². The lowest BCUT2D eigenvalue weighted by Crippen LogP contribution is -2.41. The number of amides is 1. The summed E-state index contributed by atoms with van der Waals surface area (Å²) in [6, 6.07) is 1.06. The summed E-state index contributed by atoms with van der Waals surface area (Å²) in [4.78, 5) is 14.4. The molecule has 0 aromatic carbocycles. The topological polar surface area (TPSA) is 32.3 Å². The molecule has 1 unspecified atom stereocenters. The van der Waals surface area contributed by atoms with E-state index in [2.05, 4.69) is 24.1 Å². The molecular weight excluding hydrogens is 212 g/mol. The highest BCUT2D eigenvalue weighted by molar-refractivity contribution is 5.79. The molecule has 0 aromatic rings. The van der Waals surface area contributed by atoms with E-state index in [9.17, 15) is 4.79 Å². The van der Waals surface area contributed by atoms with Gasteiger partial charge >= 0.3 is 0 Å². The minimum atomic E-state index is 0.319. The first-order valence-electron chi connectivity index (χ1n) is 7.21. The van der Waals surface area contributed by atoms with Crippen molar-refractivity contribution < 1.29 is 4.79 Å². The Morgan fingerprint density at radius 3 is 2.47 bits per heavy atom. The maximum Gasteiger partial charge on any atom is 0.223 e. The van der Waals surface area contributed by atoms with Crippen LogP contribution in [0.5, 0.6) is 0 Å². The van der Waals surface area contributed by atoms with Gasteiger partial charge in [-0.1, -0.05) is 6.42 Å². The van der Waals surface area contributed by atoms with E-state index in [1.165, 1.54) is 19.4 Å². The Bertz CT molecular complexity index is 261. The van der Waals surface area contributed by atoms with Crippen molar-refractivity contribution in [2.24, 2.45) is 5.92 Å². The molecule has 3 heteroatoms. The number of nitrogens with zero attached hydrogens (tertiary/aromatic N) is 1. The van der Waals surface area contributed by atoms with Crippen molar-refractivity contribution in [1.29, 1.82) is 0 Å². The van der Waals surface area contributed by atoms with Crippen molar-refractivity contribution in [2.45, 2.75) is 64.5 Å². The highest BCUT2D eigenvalue weighted by atomic mass is 16.2. The van der Waals surface area contributed by atoms with E-state index in [0.717, 1.165) is 32.2 Å². The number of rotatable bonds is 3. The normalized spacial score (nSPS) is 27.6. The van der Waals surface area contributed by atoms with E-state index < -0.39 is 0 Å². The number of carbonyl (C=O) groups is 1. The highest BCUT2D eigenvalue weighted by Crippen LogP contribution is 2.26. The predicted molar refractivity (Wildman–Crippen MR) is 69.8 cm³/mol. The summed E-state index contributed by atoms with van der Waals surface area (Å²) in [6.45, 7) is 6.83. The van der Waals surface area contributed by atoms with Crippen LogP contribution in [0.3, 0.4) is 0 Å². The van der Waals surface area contributed by atoms with E-state index in [-0.39, 0.29) is 0 Å². The van der Waals surface area contributed by atoms with Crippen molar-refractivity contribution in [3.8, 4) is 0 Å². The van der Waals surface area contributed by atoms with Crippen molar-refractivity contribution in [1.82, 2.24) is 10.2 Å². The maximum absolute atomic E-state index is 11.9. The van der Waals surface area contributed by atoms with Crippen molar-refractivity contribution >= 4 is 5.91 Å². The molecule has 1 heterocycles. The van der Waals surface area contributed by atoms with Crippen LogP contribution in [0, 0.1) is 5.92 Å². The third-order valence-electron chi connectivity index (χ3n) is 4.32. The predicted octanol–water partition coefficient (Wildman–Crippen LogP) is 2.17. The summed E-state index contributed by atoms with van der Waals surface area (Å²) in [7, 11) is 0. The van der Waals surface area contributed by atoms with Crippen molar-refractivity contribution in [3.63, 3.8) is 0 Å². The Hall–Kier alpha value is -0.570. The van der Waals surface area contributed by atoms with Gasteiger partial charge in [0, 0.05) is 24.5 Å². The van der Waals surface area contributed by atoms with Gasteiger partial charge in [-0.25, -0.2) is 0 Å². The zero-order chi connectivity index (χ0) is 12.3. The summed E-state index contributed by atoms with van der Waals surface area (Å²) >= 11 is 0. The fraction of sp³-hybridized carbons (Fsp3) is 0.929. The average molecular weight is 238 g/mol. The maximum atomic E-state index is 11.9. The van der Waals surface area contributed by atoms with E-state index in [1.807, 2.05) is 0 Å². The number of nitrogens with one attached hydrogen (secondary N) is 1. The molecule has 0 bridgehead atoms. The molecule has 0 aromatic heterocycles. The van der Waals surface area contributed by atoms with Crippen LogP contribution in [0.1, 0.15) is 52.4 Å². The number of hydrogen-bond donors (Lipinski definition) is 1. The first-order chi connectivity index (χ1) is 8.16. The Morgan fingerprint density at radius 1 is 1.12 bits per heavy atom. The molecule has 1 N–H and O–H groups in total. The molecule has 1 amide bonds. The van der Waals surface area contributed by atoms with Gasteiger partial charge in [-0.3, -0.25) is 4.79 Å². The first kappa shape index (κ1) is 12.9. The van der Waals surface area contributed by atoms with E-state index in [4.69, 9.17) is 0 Å². The van der Waals surface area contributed by atoms with Gasteiger partial charge in [0.25, 0.3) is 0 Å². The Labute approximate surface area is 105 Å². The van der Waals surface area contributed by atoms with Gasteiger partial charge in [0.15, 0.2) is 0 Å². The van der Waals surface area contributed by atoms with Crippen LogP contribution in [0.4, 0.5) is 0 Å². The van der Waals surface area contributed by atoms with Crippen LogP contribution in [0.2, 0.25) is 0 Å². The summed E-state index contributed by atoms with van der Waals surface area (Å²) in [5.41, 5.74) is 0. The molecule has 98 valence electrons. The fourth-order valence-electron chi connectivity index (χ4n) is 2.77. The third-order valence-corrected chi connectivity index (χ3v) is 4.32. The Morgan fingerprint density at radius 2 is 1.88 bits per heavy atom. The van der Waals surface area contributed by atoms with Crippen LogP contribution in [0.25, 0.3) is 0 Å². The van der Waals surface area contributed by atoms with Crippen LogP contribution in [0.15, 0.2) is 0 Å². The molecule has 1 aliphatic heterocycles. The van der Waals surface area contributed by atoms with Crippen LogP contribution in [-0.4, -0.2) is 36.0 Å². The van der Waals surface area contributed by atoms with Gasteiger partial charge in [0.05, 0.1) is 0 Å². The second-order valence-electron chi connectivity index (χ2n) is 5.89. The molecule has 1 saturated heterocycles. The molecule has 2 rings (SSSR count). The van der Waals surface area contributed by atoms with E-state index >= 15 is 0 Å². The first-order valence-corrected chi connectivity index (χ1v) is 7.21. The smallest absolute Gasteiger partial charge is 0.223 e. The molecule has 3 nitrogen and oxygen atoms in total. The van der Waals surface area contributed by atoms with Gasteiger partial charge < -0.3 is 10.2 Å². The zero-order valence-corrected chi connectivity index (χ0v) is 11.2. The van der Waals surface area contributed by atoms with Gasteiger partial charge in [-0.15, -0.1) is 0 Å². The highest BCUT2D eigenvalue weighted by Gasteiger charge is 2.27. The number of carbonyl (C=O) groups excluding carboxylic acids is 1. The van der Waals surface area contributed by atoms with Crippen LogP contribution in [-0.2, 0) is 4.79 Å². The molecule has 1 aliphatic carbocycles. The van der Waals surface area contributed by atoms with Crippen LogP contribution >= 0.6 is 0 Å². The minimum absolute atomic E-state index is 0.319. The van der Waals surface area contributed by atoms with Gasteiger partial charge in [0.1, 0.15) is 0 Å². The Balaban J connectivity index is 1.76. The van der Waals surface area contributed by atoms with Crippen molar-refractivity contribution in [2.75, 3.05) is 13.1 Å². The largest absolute Gasteiger partial charge is 0.353 e. The lowest BCUT2D eigenvalue weighted by atomic mass is 9.84.